The fraction of sp³-hybridized carbons (Fsp3) is 0.583. The molecule has 9 atom stereocenters. The van der Waals surface area contributed by atoms with E-state index in [0.717, 1.165) is 4.90 Å². The average molecular weight is 1150 g/mol. The minimum atomic E-state index is -2.07. The van der Waals surface area contributed by atoms with E-state index in [1.807, 2.05) is 0 Å². The summed E-state index contributed by atoms with van der Waals surface area (Å²) < 4.78 is 0. The summed E-state index contributed by atoms with van der Waals surface area (Å²) >= 11 is 0. The van der Waals surface area contributed by atoms with Crippen LogP contribution in [0.2, 0.25) is 0 Å². The summed E-state index contributed by atoms with van der Waals surface area (Å²) in [5, 5.41) is 66.3. The van der Waals surface area contributed by atoms with Crippen molar-refractivity contribution in [1.29, 1.82) is 0 Å². The number of nitrogens with zero attached hydrogens (tertiary/aromatic N) is 2. The molecule has 33 nitrogen and oxygen atoms in total. The van der Waals surface area contributed by atoms with Crippen molar-refractivity contribution in [3.05, 3.63) is 29.8 Å². The number of nitrogens with two attached hydrogens (primary N) is 5. The first kappa shape index (κ1) is 68.4. The van der Waals surface area contributed by atoms with E-state index in [1.165, 1.54) is 24.3 Å². The first-order valence-corrected chi connectivity index (χ1v) is 25.6. The molecule has 0 spiro atoms. The van der Waals surface area contributed by atoms with Crippen molar-refractivity contribution in [1.82, 2.24) is 47.4 Å². The molecule has 0 aliphatic carbocycles. The second-order valence-corrected chi connectivity index (χ2v) is 19.2. The van der Waals surface area contributed by atoms with Crippen LogP contribution in [-0.4, -0.2) is 201 Å². The molecule has 33 heteroatoms. The van der Waals surface area contributed by atoms with Crippen LogP contribution in [-0.2, 0) is 68.7 Å². The van der Waals surface area contributed by atoms with Crippen molar-refractivity contribution in [3.8, 4) is 5.75 Å². The lowest BCUT2D eigenvalue weighted by Gasteiger charge is -2.31. The number of hydrogen-bond donors (Lipinski definition) is 18. The van der Waals surface area contributed by atoms with E-state index in [1.54, 1.807) is 13.8 Å². The van der Waals surface area contributed by atoms with Gasteiger partial charge < -0.3 is 102 Å². The fourth-order valence-electron chi connectivity index (χ4n) is 8.04. The van der Waals surface area contributed by atoms with Crippen LogP contribution in [0.25, 0.3) is 0 Å². The van der Waals surface area contributed by atoms with Gasteiger partial charge in [0, 0.05) is 13.1 Å². The molecule has 1 aliphatic rings. The number of phenolic OH excluding ortho intramolecular Hbond substituents is 1. The summed E-state index contributed by atoms with van der Waals surface area (Å²) in [5.41, 5.74) is 28.4. The largest absolute Gasteiger partial charge is 0.508 e. The second kappa shape index (κ2) is 34.3. The molecule has 0 radical (unpaired) electrons. The highest BCUT2D eigenvalue weighted by Crippen LogP contribution is 2.21. The number of rotatable bonds is 36. The maximum absolute atomic E-state index is 14.4. The number of carbonyl (C=O) groups is 13. The number of amides is 10. The Morgan fingerprint density at radius 1 is 0.654 bits per heavy atom. The van der Waals surface area contributed by atoms with Gasteiger partial charge >= 0.3 is 17.9 Å². The molecule has 10 amide bonds. The summed E-state index contributed by atoms with van der Waals surface area (Å²) in [4.78, 5) is 174. The molecule has 1 aromatic carbocycles. The summed E-state index contributed by atoms with van der Waals surface area (Å²) in [6.45, 7) is 1.41. The Morgan fingerprint density at radius 3 is 1.68 bits per heavy atom. The molecule has 1 fully saturated rings. The van der Waals surface area contributed by atoms with Gasteiger partial charge in [-0.25, -0.2) is 4.79 Å². The van der Waals surface area contributed by atoms with Crippen molar-refractivity contribution in [2.24, 2.45) is 39.6 Å². The van der Waals surface area contributed by atoms with Gasteiger partial charge in [0.25, 0.3) is 0 Å². The fourth-order valence-corrected chi connectivity index (χ4v) is 8.04. The first-order chi connectivity index (χ1) is 38.1. The maximum atomic E-state index is 14.4. The third kappa shape index (κ3) is 24.5. The van der Waals surface area contributed by atoms with Gasteiger partial charge in [-0.1, -0.05) is 26.0 Å². The van der Waals surface area contributed by atoms with Crippen LogP contribution >= 0.6 is 0 Å². The zero-order valence-corrected chi connectivity index (χ0v) is 44.7. The normalized spacial score (nSPS) is 15.8. The number of aliphatic hydroxyl groups is 1. The number of likely N-dealkylation sites (tertiary alicyclic amines) is 1. The topological polar surface area (TPSA) is 565 Å². The van der Waals surface area contributed by atoms with Gasteiger partial charge in [0.05, 0.1) is 38.5 Å². The SMILES string of the molecule is CC(C)[C@H](NC(=O)CNC(=O)[C@H](CO)NC(=O)[C@@H]1CCCN1C(=O)[C@H](CCCN=C(N)N)NC(=O)[C@H](CCCCN)NC(=O)[C@H](CC(=O)O)NC(=O)[C@H](CC(N)=O)NC(=O)[C@H](CC(=O)O)NC(=O)[C@@H](N)Cc1ccc(O)cc1)C(=O)O. The van der Waals surface area contributed by atoms with Crippen LogP contribution in [0.4, 0.5) is 0 Å². The Morgan fingerprint density at radius 2 is 1.17 bits per heavy atom. The minimum absolute atomic E-state index is 0.0375. The molecule has 0 saturated carbocycles. The van der Waals surface area contributed by atoms with E-state index < -0.39 is 170 Å². The van der Waals surface area contributed by atoms with Gasteiger partial charge in [-0.15, -0.1) is 0 Å². The smallest absolute Gasteiger partial charge is 0.326 e. The van der Waals surface area contributed by atoms with Crippen molar-refractivity contribution in [2.45, 2.75) is 139 Å². The molecular formula is C48H75N15O18. The monoisotopic (exact) mass is 1150 g/mol. The Kier molecular flexibility index (Phi) is 29.0. The molecule has 0 aromatic heterocycles. The van der Waals surface area contributed by atoms with Crippen molar-refractivity contribution in [3.63, 3.8) is 0 Å². The molecule has 81 heavy (non-hydrogen) atoms. The Labute approximate surface area is 464 Å². The van der Waals surface area contributed by atoms with E-state index in [4.69, 9.17) is 28.7 Å². The Bertz CT molecular complexity index is 2440. The lowest BCUT2D eigenvalue weighted by Crippen LogP contribution is -2.61. The molecular weight excluding hydrogens is 1070 g/mol. The number of aromatic hydroxyl groups is 1. The number of aliphatic hydroxyl groups excluding tert-OH is 1. The number of unbranched alkanes of at least 4 members (excludes halogenated alkanes) is 1. The quantitative estimate of drug-likeness (QED) is 0.0169. The molecule has 450 valence electrons. The van der Waals surface area contributed by atoms with E-state index in [-0.39, 0.29) is 82.7 Å². The number of guanidine groups is 1. The van der Waals surface area contributed by atoms with E-state index in [0.29, 0.717) is 5.56 Å². The van der Waals surface area contributed by atoms with Crippen molar-refractivity contribution in [2.75, 3.05) is 32.8 Å². The van der Waals surface area contributed by atoms with Crippen molar-refractivity contribution >= 4 is 82.9 Å². The average Bonchev–Trinajstić information content (AvgIpc) is 3.89. The lowest BCUT2D eigenvalue weighted by atomic mass is 10.0. The van der Waals surface area contributed by atoms with Gasteiger partial charge in [0.2, 0.25) is 59.1 Å². The molecule has 0 bridgehead atoms. The minimum Gasteiger partial charge on any atom is -0.508 e. The highest BCUT2D eigenvalue weighted by molar-refractivity contribution is 6.00. The van der Waals surface area contributed by atoms with Gasteiger partial charge in [0.15, 0.2) is 5.96 Å². The second-order valence-electron chi connectivity index (χ2n) is 19.2. The number of phenols is 1. The first-order valence-electron chi connectivity index (χ1n) is 25.6. The molecule has 1 aliphatic heterocycles. The number of hydrogen-bond acceptors (Lipinski definition) is 18. The van der Waals surface area contributed by atoms with Crippen LogP contribution in [0.3, 0.4) is 0 Å². The van der Waals surface area contributed by atoms with Gasteiger partial charge in [0.1, 0.15) is 54.1 Å². The summed E-state index contributed by atoms with van der Waals surface area (Å²) in [6, 6.07) is -9.13. The van der Waals surface area contributed by atoms with E-state index in [2.05, 4.69) is 47.5 Å². The molecule has 0 unspecified atom stereocenters. The van der Waals surface area contributed by atoms with Crippen LogP contribution in [0, 0.1) is 5.92 Å². The zero-order chi connectivity index (χ0) is 61.1. The molecule has 1 aromatic rings. The van der Waals surface area contributed by atoms with Crippen LogP contribution in [0.15, 0.2) is 29.3 Å². The summed E-state index contributed by atoms with van der Waals surface area (Å²) in [5.74, 6) is -16.5. The van der Waals surface area contributed by atoms with Crippen LogP contribution in [0.1, 0.15) is 83.6 Å². The number of aliphatic imine (C=N–C) groups is 1. The third-order valence-corrected chi connectivity index (χ3v) is 12.3. The Hall–Kier alpha value is -8.72. The predicted octanol–water partition coefficient (Wildman–Crippen LogP) is -7.50. The number of primary amides is 1. The van der Waals surface area contributed by atoms with Crippen molar-refractivity contribution < 1.29 is 87.9 Å². The number of nitrogens with one attached hydrogen (secondary N) is 8. The number of carboxylic acids is 3. The number of carboxylic acid groups (broad SMARTS) is 3. The van der Waals surface area contributed by atoms with E-state index in [9.17, 15) is 87.9 Å². The number of aliphatic carboxylic acids is 3. The summed E-state index contributed by atoms with van der Waals surface area (Å²) in [6.07, 6.45) is -3.03. The standard InChI is InChI=1S/C48H75N15O18/c1-23(2)38(47(80)81)62-35(67)21-55-40(73)32(22-64)61-45(78)33-9-6-16-63(33)46(79)28(8-5-15-54-48(52)53)57-41(74)27(7-3-4-14-49)56-43(76)31(20-37(70)71)60-42(75)29(18-34(51)66)59-44(77)30(19-36(68)69)58-39(72)26(50)17-24-10-12-25(65)13-11-24/h10-13,23,26-33,38,64-65H,3-9,14-22,49-50H2,1-2H3,(H2,51,66)(H,55,73)(H,56,76)(H,57,74)(H,58,72)(H,59,77)(H,60,75)(H,61,78)(H,62,67)(H,68,69)(H,70,71)(H,80,81)(H4,52,53,54)/t26-,27-,28-,29-,30-,31-,32-,33-,38-/m0/s1. The zero-order valence-electron chi connectivity index (χ0n) is 44.7. The predicted molar refractivity (Wildman–Crippen MR) is 282 cm³/mol. The lowest BCUT2D eigenvalue weighted by molar-refractivity contribution is -0.143. The maximum Gasteiger partial charge on any atom is 0.326 e. The molecule has 2 rings (SSSR count). The van der Waals surface area contributed by atoms with Crippen LogP contribution < -0.4 is 71.2 Å². The van der Waals surface area contributed by atoms with E-state index >= 15 is 0 Å². The highest BCUT2D eigenvalue weighted by atomic mass is 16.4. The van der Waals surface area contributed by atoms with Crippen LogP contribution in [0.5, 0.6) is 5.75 Å². The van der Waals surface area contributed by atoms with Gasteiger partial charge in [-0.2, -0.15) is 0 Å². The summed E-state index contributed by atoms with van der Waals surface area (Å²) in [7, 11) is 0. The van der Waals surface area contributed by atoms with Gasteiger partial charge in [-0.05, 0) is 81.5 Å². The molecule has 1 saturated heterocycles. The Balaban J connectivity index is 2.38. The van der Waals surface area contributed by atoms with Gasteiger partial charge in [-0.3, -0.25) is 62.5 Å². The number of benzene rings is 1. The molecule has 1 heterocycles. The highest BCUT2D eigenvalue weighted by Gasteiger charge is 2.40. The molecule has 23 N–H and O–H groups in total. The number of carbonyl (C=O) groups excluding carboxylic acids is 10. The third-order valence-electron chi connectivity index (χ3n) is 12.3.